The van der Waals surface area contributed by atoms with Crippen molar-refractivity contribution in [3.8, 4) is 0 Å². The Bertz CT molecular complexity index is 387. The smallest absolute Gasteiger partial charge is 0.159 e. The molecule has 1 aromatic heterocycles. The number of hydrazine groups is 1. The normalized spacial score (nSPS) is 16.6. The molecule has 0 aliphatic heterocycles. The van der Waals surface area contributed by atoms with Crippen LogP contribution in [0, 0.1) is 0 Å². The maximum atomic E-state index is 5.73. The number of rotatable bonds is 7. The van der Waals surface area contributed by atoms with E-state index in [-0.39, 0.29) is 6.10 Å². The summed E-state index contributed by atoms with van der Waals surface area (Å²) in [6.07, 6.45) is 4.39. The summed E-state index contributed by atoms with van der Waals surface area (Å²) in [6.45, 7) is 4.81. The van der Waals surface area contributed by atoms with Crippen molar-refractivity contribution in [1.29, 1.82) is 0 Å². The van der Waals surface area contributed by atoms with Gasteiger partial charge in [-0.05, 0) is 26.2 Å². The zero-order valence-electron chi connectivity index (χ0n) is 11.1. The molecule has 1 unspecified atom stereocenters. The molecule has 1 aromatic rings. The number of anilines is 1. The highest BCUT2D eigenvalue weighted by molar-refractivity contribution is 5.37. The predicted molar refractivity (Wildman–Crippen MR) is 71.1 cm³/mol. The highest BCUT2D eigenvalue weighted by Crippen LogP contribution is 2.40. The summed E-state index contributed by atoms with van der Waals surface area (Å²) in [5.74, 6) is 7.50. The van der Waals surface area contributed by atoms with Crippen LogP contribution in [0.15, 0.2) is 6.07 Å². The van der Waals surface area contributed by atoms with Crippen LogP contribution in [0.3, 0.4) is 0 Å². The number of hydrogen-bond donors (Lipinski definition) is 2. The molecule has 1 atom stereocenters. The van der Waals surface area contributed by atoms with Gasteiger partial charge in [0.05, 0.1) is 0 Å². The van der Waals surface area contributed by atoms with Crippen molar-refractivity contribution >= 4 is 5.82 Å². The number of nitrogens with one attached hydrogen (secondary N) is 1. The summed E-state index contributed by atoms with van der Waals surface area (Å²) < 4.78 is 5.73. The van der Waals surface area contributed by atoms with Gasteiger partial charge in [0, 0.05) is 24.3 Å². The summed E-state index contributed by atoms with van der Waals surface area (Å²) in [4.78, 5) is 9.08. The highest BCUT2D eigenvalue weighted by atomic mass is 16.5. The molecule has 0 amide bonds. The molecule has 1 saturated carbocycles. The van der Waals surface area contributed by atoms with Gasteiger partial charge in [0.1, 0.15) is 11.9 Å². The van der Waals surface area contributed by atoms with Crippen molar-refractivity contribution in [3.05, 3.63) is 17.6 Å². The fraction of sp³-hybridized carbons (Fsp3) is 0.692. The Morgan fingerprint density at radius 3 is 2.78 bits per heavy atom. The molecule has 0 saturated heterocycles. The Kier molecular flexibility index (Phi) is 4.49. The molecule has 2 rings (SSSR count). The molecule has 5 nitrogen and oxygen atoms in total. The van der Waals surface area contributed by atoms with Gasteiger partial charge in [-0.15, -0.1) is 0 Å². The molecule has 18 heavy (non-hydrogen) atoms. The molecule has 0 spiro atoms. The third-order valence-corrected chi connectivity index (χ3v) is 3.11. The van der Waals surface area contributed by atoms with Crippen LogP contribution in [0.25, 0.3) is 0 Å². The number of nitrogens with two attached hydrogens (primary N) is 1. The van der Waals surface area contributed by atoms with Crippen LogP contribution in [-0.2, 0) is 4.74 Å². The first-order chi connectivity index (χ1) is 8.78. The van der Waals surface area contributed by atoms with Crippen molar-refractivity contribution in [1.82, 2.24) is 9.97 Å². The monoisotopic (exact) mass is 250 g/mol. The van der Waals surface area contributed by atoms with E-state index in [1.54, 1.807) is 0 Å². The average molecular weight is 250 g/mol. The second-order valence-electron chi connectivity index (χ2n) is 4.69. The number of ether oxygens (including phenoxy) is 1. The van der Waals surface area contributed by atoms with Gasteiger partial charge in [0.25, 0.3) is 0 Å². The molecule has 5 heteroatoms. The number of nitrogen functional groups attached to an aromatic ring is 1. The lowest BCUT2D eigenvalue weighted by Crippen LogP contribution is -2.15. The topological polar surface area (TPSA) is 73.1 Å². The minimum atomic E-state index is -0.0224. The van der Waals surface area contributed by atoms with Crippen molar-refractivity contribution in [2.24, 2.45) is 5.84 Å². The second kappa shape index (κ2) is 6.11. The van der Waals surface area contributed by atoms with Gasteiger partial charge in [0.2, 0.25) is 0 Å². The molecule has 100 valence electrons. The Labute approximate surface area is 108 Å². The van der Waals surface area contributed by atoms with Crippen molar-refractivity contribution in [2.75, 3.05) is 12.0 Å². The summed E-state index contributed by atoms with van der Waals surface area (Å²) in [5.41, 5.74) is 3.71. The van der Waals surface area contributed by atoms with E-state index in [4.69, 9.17) is 10.6 Å². The number of hydrogen-bond acceptors (Lipinski definition) is 5. The first kappa shape index (κ1) is 13.2. The lowest BCUT2D eigenvalue weighted by atomic mass is 10.2. The van der Waals surface area contributed by atoms with Crippen LogP contribution in [0.5, 0.6) is 0 Å². The van der Waals surface area contributed by atoms with E-state index in [0.717, 1.165) is 24.4 Å². The van der Waals surface area contributed by atoms with E-state index in [2.05, 4.69) is 22.3 Å². The van der Waals surface area contributed by atoms with E-state index in [9.17, 15) is 0 Å². The SMILES string of the molecule is CCCC(OCC)c1nc(NN)cc(C2CC2)n1. The maximum absolute atomic E-state index is 5.73. The van der Waals surface area contributed by atoms with E-state index in [1.165, 1.54) is 12.8 Å². The standard InChI is InChI=1S/C13H22N4O/c1-3-5-11(18-4-2)13-15-10(9-6-7-9)8-12(16-13)17-14/h8-9,11H,3-7,14H2,1-2H3,(H,15,16,17). The van der Waals surface area contributed by atoms with Crippen LogP contribution in [0.4, 0.5) is 5.82 Å². The quantitative estimate of drug-likeness (QED) is 0.574. The van der Waals surface area contributed by atoms with Crippen LogP contribution in [-0.4, -0.2) is 16.6 Å². The third kappa shape index (κ3) is 3.17. The molecule has 0 bridgehead atoms. The molecule has 1 heterocycles. The number of aromatic nitrogens is 2. The minimum Gasteiger partial charge on any atom is -0.371 e. The molecule has 1 aliphatic carbocycles. The van der Waals surface area contributed by atoms with Crippen LogP contribution < -0.4 is 11.3 Å². The highest BCUT2D eigenvalue weighted by Gasteiger charge is 2.27. The predicted octanol–water partition coefficient (Wildman–Crippen LogP) is 2.52. The van der Waals surface area contributed by atoms with Gasteiger partial charge in [0.15, 0.2) is 5.82 Å². The summed E-state index contributed by atoms with van der Waals surface area (Å²) in [7, 11) is 0. The maximum Gasteiger partial charge on any atom is 0.159 e. The van der Waals surface area contributed by atoms with Crippen molar-refractivity contribution in [3.63, 3.8) is 0 Å². The fourth-order valence-electron chi connectivity index (χ4n) is 2.04. The molecule has 1 fully saturated rings. The number of nitrogens with zero attached hydrogens (tertiary/aromatic N) is 2. The average Bonchev–Trinajstić information content (AvgIpc) is 3.22. The summed E-state index contributed by atoms with van der Waals surface area (Å²) in [5, 5.41) is 0. The van der Waals surface area contributed by atoms with Gasteiger partial charge in [-0.3, -0.25) is 0 Å². The molecule has 0 aromatic carbocycles. The van der Waals surface area contributed by atoms with E-state index in [1.807, 2.05) is 13.0 Å². The molecule has 0 radical (unpaired) electrons. The van der Waals surface area contributed by atoms with E-state index >= 15 is 0 Å². The zero-order chi connectivity index (χ0) is 13.0. The lowest BCUT2D eigenvalue weighted by Gasteiger charge is -2.16. The fourth-order valence-corrected chi connectivity index (χ4v) is 2.04. The first-order valence-electron chi connectivity index (χ1n) is 6.75. The zero-order valence-corrected chi connectivity index (χ0v) is 11.1. The Morgan fingerprint density at radius 1 is 1.44 bits per heavy atom. The summed E-state index contributed by atoms with van der Waals surface area (Å²) >= 11 is 0. The molecule has 1 aliphatic rings. The first-order valence-corrected chi connectivity index (χ1v) is 6.75. The van der Waals surface area contributed by atoms with Gasteiger partial charge < -0.3 is 10.2 Å². The van der Waals surface area contributed by atoms with E-state index in [0.29, 0.717) is 18.3 Å². The summed E-state index contributed by atoms with van der Waals surface area (Å²) in [6, 6.07) is 1.94. The van der Waals surface area contributed by atoms with Gasteiger partial charge in [-0.2, -0.15) is 0 Å². The van der Waals surface area contributed by atoms with Crippen LogP contribution in [0.1, 0.15) is 63.1 Å². The largest absolute Gasteiger partial charge is 0.371 e. The molecular weight excluding hydrogens is 228 g/mol. The minimum absolute atomic E-state index is 0.0224. The van der Waals surface area contributed by atoms with Gasteiger partial charge in [-0.1, -0.05) is 13.3 Å². The Hall–Kier alpha value is -1.20. The molecule has 3 N–H and O–H groups in total. The van der Waals surface area contributed by atoms with Crippen molar-refractivity contribution < 1.29 is 4.74 Å². The Morgan fingerprint density at radius 2 is 2.22 bits per heavy atom. The Balaban J connectivity index is 2.25. The lowest BCUT2D eigenvalue weighted by molar-refractivity contribution is 0.0493. The van der Waals surface area contributed by atoms with Gasteiger partial charge in [-0.25, -0.2) is 15.8 Å². The second-order valence-corrected chi connectivity index (χ2v) is 4.69. The van der Waals surface area contributed by atoms with Crippen molar-refractivity contribution in [2.45, 2.75) is 51.6 Å². The van der Waals surface area contributed by atoms with Crippen LogP contribution >= 0.6 is 0 Å². The van der Waals surface area contributed by atoms with E-state index < -0.39 is 0 Å². The third-order valence-electron chi connectivity index (χ3n) is 3.11. The molecular formula is C13H22N4O. The van der Waals surface area contributed by atoms with Crippen LogP contribution in [0.2, 0.25) is 0 Å². The van der Waals surface area contributed by atoms with Gasteiger partial charge >= 0.3 is 0 Å².